The van der Waals surface area contributed by atoms with Gasteiger partial charge < -0.3 is 49.6 Å². The molecule has 10 atom stereocenters. The van der Waals surface area contributed by atoms with Crippen LogP contribution in [0.2, 0.25) is 0 Å². The van der Waals surface area contributed by atoms with Crippen LogP contribution in [-0.2, 0) is 23.7 Å². The standard InChI is InChI=1S/C24H30O11/c1-23(35-16(27)8-7-13-5-3-2-4-6-13)11-15(26)24(31)9-10-32-22(20(23)24)34-21-19(30)18(29)17(28)14(12-25)33-21/h2-10,14-15,17-22,25-26,28-31H,11-12H2,1H3/b8-7+/t14-,15+,17-,18-,19-,20+,21-,22-,23-,24-/m0/s1. The molecule has 2 fully saturated rings. The van der Waals surface area contributed by atoms with Gasteiger partial charge in [-0.25, -0.2) is 4.79 Å². The molecule has 0 radical (unpaired) electrons. The summed E-state index contributed by atoms with van der Waals surface area (Å²) in [4.78, 5) is 12.6. The van der Waals surface area contributed by atoms with Crippen molar-refractivity contribution < 1.29 is 54.4 Å². The lowest BCUT2D eigenvalue weighted by atomic mass is 9.81. The maximum Gasteiger partial charge on any atom is 0.331 e. The fourth-order valence-corrected chi connectivity index (χ4v) is 4.92. The summed E-state index contributed by atoms with van der Waals surface area (Å²) in [5, 5.41) is 61.7. The maximum absolute atomic E-state index is 12.6. The van der Waals surface area contributed by atoms with E-state index in [1.54, 1.807) is 18.2 Å². The lowest BCUT2D eigenvalue weighted by Gasteiger charge is -2.45. The molecule has 35 heavy (non-hydrogen) atoms. The second-order valence-corrected chi connectivity index (χ2v) is 9.20. The van der Waals surface area contributed by atoms with Gasteiger partial charge in [-0.15, -0.1) is 0 Å². The SMILES string of the molecule is C[C@]1(OC(=O)/C=C/c2ccccc2)C[C@@H](O)[C@@]2(O)C=CO[C@@H](O[C@@H]3O[C@@H](CO)[C@H](O)[C@H](O)[C@@H]3O)[C@@H]21. The van der Waals surface area contributed by atoms with Crippen LogP contribution in [0, 0.1) is 5.92 Å². The van der Waals surface area contributed by atoms with Crippen molar-refractivity contribution in [3.63, 3.8) is 0 Å². The number of hydrogen-bond acceptors (Lipinski definition) is 11. The quantitative estimate of drug-likeness (QED) is 0.207. The van der Waals surface area contributed by atoms with Crippen LogP contribution in [0.25, 0.3) is 6.08 Å². The summed E-state index contributed by atoms with van der Waals surface area (Å²) in [7, 11) is 0. The van der Waals surface area contributed by atoms with Gasteiger partial charge in [0.15, 0.2) is 6.29 Å². The molecule has 1 aliphatic carbocycles. The molecule has 1 aromatic carbocycles. The summed E-state index contributed by atoms with van der Waals surface area (Å²) in [6, 6.07) is 9.06. The smallest absolute Gasteiger partial charge is 0.331 e. The minimum absolute atomic E-state index is 0.151. The zero-order valence-electron chi connectivity index (χ0n) is 19.0. The molecule has 0 amide bonds. The zero-order valence-corrected chi connectivity index (χ0v) is 19.0. The van der Waals surface area contributed by atoms with Crippen molar-refractivity contribution >= 4 is 12.0 Å². The monoisotopic (exact) mass is 494 g/mol. The summed E-state index contributed by atoms with van der Waals surface area (Å²) in [6.07, 6.45) is -5.57. The Kier molecular flexibility index (Phi) is 7.32. The van der Waals surface area contributed by atoms with Gasteiger partial charge in [0.2, 0.25) is 6.29 Å². The van der Waals surface area contributed by atoms with Crippen LogP contribution in [0.1, 0.15) is 18.9 Å². The predicted molar refractivity (Wildman–Crippen MR) is 118 cm³/mol. The first-order valence-corrected chi connectivity index (χ1v) is 11.2. The van der Waals surface area contributed by atoms with E-state index in [0.29, 0.717) is 0 Å². The number of rotatable bonds is 6. The minimum atomic E-state index is -1.91. The molecule has 11 nitrogen and oxygen atoms in total. The van der Waals surface area contributed by atoms with Crippen LogP contribution in [0.3, 0.4) is 0 Å². The lowest BCUT2D eigenvalue weighted by molar-refractivity contribution is -0.351. The number of carbonyl (C=O) groups is 1. The Morgan fingerprint density at radius 2 is 1.83 bits per heavy atom. The highest BCUT2D eigenvalue weighted by Crippen LogP contribution is 2.51. The second-order valence-electron chi connectivity index (χ2n) is 9.20. The van der Waals surface area contributed by atoms with E-state index in [1.165, 1.54) is 19.1 Å². The first-order valence-electron chi connectivity index (χ1n) is 11.2. The number of fused-ring (bicyclic) bond motifs is 1. The van der Waals surface area contributed by atoms with E-state index >= 15 is 0 Å². The maximum atomic E-state index is 12.6. The molecule has 2 aliphatic heterocycles. The van der Waals surface area contributed by atoms with Crippen LogP contribution in [0.5, 0.6) is 0 Å². The highest BCUT2D eigenvalue weighted by atomic mass is 16.8. The fourth-order valence-electron chi connectivity index (χ4n) is 4.92. The van der Waals surface area contributed by atoms with E-state index in [9.17, 15) is 35.4 Å². The van der Waals surface area contributed by atoms with Gasteiger partial charge in [-0.3, -0.25) is 0 Å². The van der Waals surface area contributed by atoms with Gasteiger partial charge in [0.1, 0.15) is 35.6 Å². The van der Waals surface area contributed by atoms with E-state index < -0.39 is 72.8 Å². The fraction of sp³-hybridized carbons (Fsp3) is 0.542. The number of carbonyl (C=O) groups excluding carboxylic acids is 1. The topological polar surface area (TPSA) is 175 Å². The van der Waals surface area contributed by atoms with Crippen LogP contribution in [-0.4, -0.2) is 97.5 Å². The average molecular weight is 494 g/mol. The Balaban J connectivity index is 1.55. The van der Waals surface area contributed by atoms with E-state index in [2.05, 4.69) is 0 Å². The second kappa shape index (κ2) is 9.96. The number of aliphatic hydroxyl groups excluding tert-OH is 5. The number of aliphatic hydroxyl groups is 6. The normalized spacial score (nSPS) is 43.1. The van der Waals surface area contributed by atoms with E-state index in [4.69, 9.17) is 18.9 Å². The molecule has 192 valence electrons. The van der Waals surface area contributed by atoms with Crippen molar-refractivity contribution in [3.05, 3.63) is 54.3 Å². The molecule has 0 bridgehead atoms. The highest BCUT2D eigenvalue weighted by molar-refractivity contribution is 5.87. The van der Waals surface area contributed by atoms with Crippen LogP contribution >= 0.6 is 0 Å². The summed E-state index contributed by atoms with van der Waals surface area (Å²) in [5.41, 5.74) is -2.62. The molecule has 1 aromatic rings. The molecule has 1 saturated heterocycles. The van der Waals surface area contributed by atoms with E-state index in [1.807, 2.05) is 18.2 Å². The third kappa shape index (κ3) is 4.86. The Labute approximate surface area is 201 Å². The lowest BCUT2D eigenvalue weighted by Crippen LogP contribution is -2.62. The Morgan fingerprint density at radius 1 is 1.11 bits per heavy atom. The molecular weight excluding hydrogens is 464 g/mol. The molecule has 2 heterocycles. The molecule has 6 N–H and O–H groups in total. The Morgan fingerprint density at radius 3 is 2.51 bits per heavy atom. The molecule has 0 spiro atoms. The minimum Gasteiger partial charge on any atom is -0.472 e. The number of benzene rings is 1. The van der Waals surface area contributed by atoms with Gasteiger partial charge in [0, 0.05) is 12.5 Å². The van der Waals surface area contributed by atoms with Crippen LogP contribution in [0.15, 0.2) is 48.7 Å². The zero-order chi connectivity index (χ0) is 25.4. The Bertz CT molecular complexity index is 950. The molecule has 3 aliphatic rings. The highest BCUT2D eigenvalue weighted by Gasteiger charge is 2.66. The number of ether oxygens (including phenoxy) is 4. The largest absolute Gasteiger partial charge is 0.472 e. The van der Waals surface area contributed by atoms with Crippen molar-refractivity contribution in [2.75, 3.05) is 6.61 Å². The first-order chi connectivity index (χ1) is 16.6. The summed E-state index contributed by atoms with van der Waals surface area (Å²) in [5.74, 6) is -1.90. The third-order valence-electron chi connectivity index (χ3n) is 6.77. The van der Waals surface area contributed by atoms with Gasteiger partial charge in [0.05, 0.1) is 24.9 Å². The first kappa shape index (κ1) is 25.7. The van der Waals surface area contributed by atoms with E-state index in [-0.39, 0.29) is 6.42 Å². The summed E-state index contributed by atoms with van der Waals surface area (Å²) >= 11 is 0. The van der Waals surface area contributed by atoms with Crippen molar-refractivity contribution in [2.24, 2.45) is 5.92 Å². The number of esters is 1. The predicted octanol–water partition coefficient (Wildman–Crippen LogP) is -1.20. The Hall–Kier alpha value is -2.35. The molecule has 0 aromatic heterocycles. The van der Waals surface area contributed by atoms with Crippen LogP contribution < -0.4 is 0 Å². The number of hydrogen-bond donors (Lipinski definition) is 6. The van der Waals surface area contributed by atoms with Crippen molar-refractivity contribution in [3.8, 4) is 0 Å². The molecule has 4 rings (SSSR count). The summed E-state index contributed by atoms with van der Waals surface area (Å²) < 4.78 is 22.3. The van der Waals surface area contributed by atoms with Crippen molar-refractivity contribution in [2.45, 2.75) is 67.6 Å². The van der Waals surface area contributed by atoms with Crippen LogP contribution in [0.4, 0.5) is 0 Å². The molecule has 1 saturated carbocycles. The molecule has 0 unspecified atom stereocenters. The van der Waals surface area contributed by atoms with Gasteiger partial charge in [-0.2, -0.15) is 0 Å². The average Bonchev–Trinajstić information content (AvgIpc) is 3.03. The molecule has 11 heteroatoms. The van der Waals surface area contributed by atoms with Gasteiger partial charge in [0.25, 0.3) is 0 Å². The van der Waals surface area contributed by atoms with Crippen molar-refractivity contribution in [1.82, 2.24) is 0 Å². The van der Waals surface area contributed by atoms with E-state index in [0.717, 1.165) is 11.8 Å². The van der Waals surface area contributed by atoms with Gasteiger partial charge in [-0.05, 0) is 24.6 Å². The third-order valence-corrected chi connectivity index (χ3v) is 6.77. The van der Waals surface area contributed by atoms with Gasteiger partial charge in [-0.1, -0.05) is 30.3 Å². The molecular formula is C24H30O11. The van der Waals surface area contributed by atoms with Crippen molar-refractivity contribution in [1.29, 1.82) is 0 Å². The summed E-state index contributed by atoms with van der Waals surface area (Å²) in [6.45, 7) is 0.852. The van der Waals surface area contributed by atoms with Gasteiger partial charge >= 0.3 is 5.97 Å².